The van der Waals surface area contributed by atoms with Gasteiger partial charge in [-0.15, -0.1) is 0 Å². The molecule has 0 aliphatic carbocycles. The number of fused-ring (bicyclic) bond motifs is 1. The van der Waals surface area contributed by atoms with Crippen LogP contribution in [0.5, 0.6) is 11.5 Å². The summed E-state index contributed by atoms with van der Waals surface area (Å²) in [7, 11) is 0. The molecule has 132 valence electrons. The first-order chi connectivity index (χ1) is 11.5. The fourth-order valence-electron chi connectivity index (χ4n) is 3.19. The Hall–Kier alpha value is -1.79. The van der Waals surface area contributed by atoms with Gasteiger partial charge >= 0.3 is 0 Å². The monoisotopic (exact) mass is 334 g/mol. The Morgan fingerprint density at radius 3 is 2.54 bits per heavy atom. The van der Waals surface area contributed by atoms with Gasteiger partial charge in [-0.2, -0.15) is 0 Å². The Bertz CT molecular complexity index is 582. The third-order valence-corrected chi connectivity index (χ3v) is 4.39. The summed E-state index contributed by atoms with van der Waals surface area (Å²) in [5, 5.41) is 2.98. The van der Waals surface area contributed by atoms with Gasteiger partial charge in [0.2, 0.25) is 5.91 Å². The molecule has 3 rings (SSSR count). The third-order valence-electron chi connectivity index (χ3n) is 4.39. The van der Waals surface area contributed by atoms with Crippen LogP contribution in [-0.2, 0) is 9.53 Å². The van der Waals surface area contributed by atoms with Crippen molar-refractivity contribution in [2.75, 3.05) is 31.6 Å². The average molecular weight is 334 g/mol. The molecule has 1 amide bonds. The predicted octanol–water partition coefficient (Wildman–Crippen LogP) is 2.28. The number of morpholine rings is 1. The summed E-state index contributed by atoms with van der Waals surface area (Å²) in [4.78, 5) is 14.8. The summed E-state index contributed by atoms with van der Waals surface area (Å²) in [6.45, 7) is 8.82. The molecule has 3 unspecified atom stereocenters. The van der Waals surface area contributed by atoms with E-state index in [9.17, 15) is 4.79 Å². The highest BCUT2D eigenvalue weighted by Crippen LogP contribution is 2.32. The van der Waals surface area contributed by atoms with E-state index in [1.807, 2.05) is 39.0 Å². The maximum absolute atomic E-state index is 12.6. The standard InChI is InChI=1S/C18H26N2O4/c1-12-10-20(11-13(2)24-12)14(3)18(21)19-15-5-6-16-17(9-15)23-8-4-7-22-16/h5-6,9,12-14H,4,7-8,10-11H2,1-3H3,(H,19,21). The first-order valence-electron chi connectivity index (χ1n) is 8.63. The molecule has 1 aromatic carbocycles. The van der Waals surface area contributed by atoms with Gasteiger partial charge in [0.15, 0.2) is 11.5 Å². The molecule has 2 heterocycles. The Labute approximate surface area is 143 Å². The van der Waals surface area contributed by atoms with Gasteiger partial charge in [0.05, 0.1) is 31.5 Å². The van der Waals surface area contributed by atoms with Crippen molar-refractivity contribution >= 4 is 11.6 Å². The second kappa shape index (κ2) is 7.40. The van der Waals surface area contributed by atoms with Crippen LogP contribution in [0.4, 0.5) is 5.69 Å². The van der Waals surface area contributed by atoms with Gasteiger partial charge in [-0.1, -0.05) is 0 Å². The molecule has 0 spiro atoms. The van der Waals surface area contributed by atoms with Crippen molar-refractivity contribution in [3.8, 4) is 11.5 Å². The molecule has 0 radical (unpaired) electrons. The molecule has 0 bridgehead atoms. The zero-order valence-corrected chi connectivity index (χ0v) is 14.6. The molecule has 2 aliphatic heterocycles. The van der Waals surface area contributed by atoms with Crippen molar-refractivity contribution in [2.45, 2.75) is 45.4 Å². The summed E-state index contributed by atoms with van der Waals surface area (Å²) < 4.78 is 17.0. The zero-order valence-electron chi connectivity index (χ0n) is 14.6. The van der Waals surface area contributed by atoms with Gasteiger partial charge < -0.3 is 19.5 Å². The van der Waals surface area contributed by atoms with Crippen molar-refractivity contribution in [1.82, 2.24) is 4.90 Å². The number of amides is 1. The van der Waals surface area contributed by atoms with Gasteiger partial charge in [-0.3, -0.25) is 9.69 Å². The molecule has 1 fully saturated rings. The molecule has 3 atom stereocenters. The Morgan fingerprint density at radius 1 is 1.17 bits per heavy atom. The molecule has 6 nitrogen and oxygen atoms in total. The first-order valence-corrected chi connectivity index (χ1v) is 8.63. The van der Waals surface area contributed by atoms with Crippen LogP contribution in [0, 0.1) is 0 Å². The summed E-state index contributed by atoms with van der Waals surface area (Å²) in [5.41, 5.74) is 0.727. The SMILES string of the molecule is CC1CN(C(C)C(=O)Nc2ccc3c(c2)OCCCO3)CC(C)O1. The second-order valence-electron chi connectivity index (χ2n) is 6.59. The number of carbonyl (C=O) groups is 1. The van der Waals surface area contributed by atoms with Crippen LogP contribution in [0.1, 0.15) is 27.2 Å². The van der Waals surface area contributed by atoms with Gasteiger partial charge in [0.25, 0.3) is 0 Å². The summed E-state index contributed by atoms with van der Waals surface area (Å²) >= 11 is 0. The minimum absolute atomic E-state index is 0.0224. The van der Waals surface area contributed by atoms with E-state index >= 15 is 0 Å². The van der Waals surface area contributed by atoms with Crippen LogP contribution < -0.4 is 14.8 Å². The van der Waals surface area contributed by atoms with E-state index in [-0.39, 0.29) is 24.2 Å². The number of rotatable bonds is 3. The Balaban J connectivity index is 1.64. The van der Waals surface area contributed by atoms with E-state index < -0.39 is 0 Å². The number of benzene rings is 1. The summed E-state index contributed by atoms with van der Waals surface area (Å²) in [5.74, 6) is 1.40. The topological polar surface area (TPSA) is 60.0 Å². The van der Waals surface area contributed by atoms with Crippen molar-refractivity contribution in [1.29, 1.82) is 0 Å². The summed E-state index contributed by atoms with van der Waals surface area (Å²) in [6.07, 6.45) is 1.14. The van der Waals surface area contributed by atoms with Crippen LogP contribution in [0.2, 0.25) is 0 Å². The minimum atomic E-state index is -0.213. The number of anilines is 1. The van der Waals surface area contributed by atoms with Crippen LogP contribution in [-0.4, -0.2) is 55.4 Å². The highest BCUT2D eigenvalue weighted by Gasteiger charge is 2.29. The number of nitrogens with one attached hydrogen (secondary N) is 1. The number of carbonyl (C=O) groups excluding carboxylic acids is 1. The molecule has 1 N–H and O–H groups in total. The van der Waals surface area contributed by atoms with Crippen molar-refractivity contribution in [3.05, 3.63) is 18.2 Å². The van der Waals surface area contributed by atoms with Crippen LogP contribution in [0.15, 0.2) is 18.2 Å². The first kappa shape index (κ1) is 17.0. The lowest BCUT2D eigenvalue weighted by Gasteiger charge is -2.38. The Morgan fingerprint density at radius 2 is 1.83 bits per heavy atom. The fraction of sp³-hybridized carbons (Fsp3) is 0.611. The zero-order chi connectivity index (χ0) is 17.1. The molecular weight excluding hydrogens is 308 g/mol. The number of hydrogen-bond donors (Lipinski definition) is 1. The van der Waals surface area contributed by atoms with Gasteiger partial charge in [0.1, 0.15) is 0 Å². The maximum Gasteiger partial charge on any atom is 0.241 e. The van der Waals surface area contributed by atoms with E-state index in [2.05, 4.69) is 10.2 Å². The Kier molecular flexibility index (Phi) is 5.26. The average Bonchev–Trinajstić information content (AvgIpc) is 2.78. The fourth-order valence-corrected chi connectivity index (χ4v) is 3.19. The highest BCUT2D eigenvalue weighted by atomic mass is 16.5. The van der Waals surface area contributed by atoms with Gasteiger partial charge in [0, 0.05) is 31.3 Å². The van der Waals surface area contributed by atoms with E-state index in [1.54, 1.807) is 0 Å². The predicted molar refractivity (Wildman–Crippen MR) is 91.7 cm³/mol. The second-order valence-corrected chi connectivity index (χ2v) is 6.59. The van der Waals surface area contributed by atoms with Gasteiger partial charge in [-0.05, 0) is 32.9 Å². The summed E-state index contributed by atoms with van der Waals surface area (Å²) in [6, 6.07) is 5.31. The third kappa shape index (κ3) is 3.99. The number of nitrogens with zero attached hydrogens (tertiary/aromatic N) is 1. The minimum Gasteiger partial charge on any atom is -0.490 e. The lowest BCUT2D eigenvalue weighted by molar-refractivity contribution is -0.126. The normalized spacial score (nSPS) is 25.6. The molecule has 1 aromatic rings. The molecular formula is C18H26N2O4. The van der Waals surface area contributed by atoms with Gasteiger partial charge in [-0.25, -0.2) is 0 Å². The maximum atomic E-state index is 12.6. The smallest absolute Gasteiger partial charge is 0.241 e. The molecule has 0 aromatic heterocycles. The molecule has 24 heavy (non-hydrogen) atoms. The number of ether oxygens (including phenoxy) is 3. The van der Waals surface area contributed by atoms with Crippen molar-refractivity contribution < 1.29 is 19.0 Å². The van der Waals surface area contributed by atoms with Crippen LogP contribution >= 0.6 is 0 Å². The van der Waals surface area contributed by atoms with Crippen molar-refractivity contribution in [2.24, 2.45) is 0 Å². The van der Waals surface area contributed by atoms with E-state index in [4.69, 9.17) is 14.2 Å². The lowest BCUT2D eigenvalue weighted by Crippen LogP contribution is -2.52. The quantitative estimate of drug-likeness (QED) is 0.919. The largest absolute Gasteiger partial charge is 0.490 e. The number of hydrogen-bond acceptors (Lipinski definition) is 5. The van der Waals surface area contributed by atoms with E-state index in [0.29, 0.717) is 19.0 Å². The molecule has 1 saturated heterocycles. The van der Waals surface area contributed by atoms with E-state index in [1.165, 1.54) is 0 Å². The molecule has 6 heteroatoms. The molecule has 2 aliphatic rings. The van der Waals surface area contributed by atoms with Crippen LogP contribution in [0.25, 0.3) is 0 Å². The molecule has 0 saturated carbocycles. The van der Waals surface area contributed by atoms with Crippen LogP contribution in [0.3, 0.4) is 0 Å². The lowest BCUT2D eigenvalue weighted by atomic mass is 10.1. The van der Waals surface area contributed by atoms with Crippen molar-refractivity contribution in [3.63, 3.8) is 0 Å². The van der Waals surface area contributed by atoms with E-state index in [0.717, 1.165) is 30.9 Å². The highest BCUT2D eigenvalue weighted by molar-refractivity contribution is 5.94.